The van der Waals surface area contributed by atoms with Crippen LogP contribution in [0.15, 0.2) is 12.4 Å². The van der Waals surface area contributed by atoms with Gasteiger partial charge in [-0.15, -0.1) is 0 Å². The molecule has 2 saturated carbocycles. The van der Waals surface area contributed by atoms with E-state index in [-0.39, 0.29) is 23.9 Å². The molecule has 0 saturated heterocycles. The fourth-order valence-corrected chi connectivity index (χ4v) is 5.15. The number of amides is 2. The molecule has 2 amide bonds. The lowest BCUT2D eigenvalue weighted by Gasteiger charge is -2.22. The summed E-state index contributed by atoms with van der Waals surface area (Å²) in [6.07, 6.45) is 12.7. The van der Waals surface area contributed by atoms with E-state index in [1.165, 1.54) is 25.7 Å². The largest absolute Gasteiger partial charge is 0.347 e. The molecular formula is C24H36N6O2. The van der Waals surface area contributed by atoms with Gasteiger partial charge in [0.15, 0.2) is 0 Å². The third kappa shape index (κ3) is 4.45. The van der Waals surface area contributed by atoms with Crippen molar-refractivity contribution in [3.05, 3.63) is 34.9 Å². The summed E-state index contributed by atoms with van der Waals surface area (Å²) < 4.78 is 4.01. The topological polar surface area (TPSA) is 93.8 Å². The minimum absolute atomic E-state index is 0.148. The van der Waals surface area contributed by atoms with E-state index in [4.69, 9.17) is 0 Å². The normalized spacial score (nSPS) is 19.2. The van der Waals surface area contributed by atoms with Crippen LogP contribution in [0.25, 0.3) is 0 Å². The molecule has 0 aliphatic heterocycles. The van der Waals surface area contributed by atoms with Crippen LogP contribution in [0.3, 0.4) is 0 Å². The molecule has 2 aromatic rings. The van der Waals surface area contributed by atoms with Crippen molar-refractivity contribution in [3.8, 4) is 0 Å². The molecule has 2 unspecified atom stereocenters. The highest BCUT2D eigenvalue weighted by Gasteiger charge is 2.26. The highest BCUT2D eigenvalue weighted by molar-refractivity contribution is 5.96. The predicted octanol–water partition coefficient (Wildman–Crippen LogP) is 3.86. The second kappa shape index (κ2) is 9.46. The Kier molecular flexibility index (Phi) is 6.67. The highest BCUT2D eigenvalue weighted by atomic mass is 16.2. The maximum atomic E-state index is 12.9. The summed E-state index contributed by atoms with van der Waals surface area (Å²) in [7, 11) is 0. The highest BCUT2D eigenvalue weighted by Crippen LogP contribution is 2.31. The summed E-state index contributed by atoms with van der Waals surface area (Å²) in [5.41, 5.74) is 3.04. The number of carbonyl (C=O) groups is 2. The van der Waals surface area contributed by atoms with Gasteiger partial charge < -0.3 is 10.6 Å². The van der Waals surface area contributed by atoms with Crippen LogP contribution in [0, 0.1) is 13.8 Å². The summed E-state index contributed by atoms with van der Waals surface area (Å²) in [6.45, 7) is 7.74. The van der Waals surface area contributed by atoms with Crippen LogP contribution >= 0.6 is 0 Å². The van der Waals surface area contributed by atoms with E-state index in [9.17, 15) is 9.59 Å². The van der Waals surface area contributed by atoms with Crippen molar-refractivity contribution in [2.45, 2.75) is 103 Å². The van der Waals surface area contributed by atoms with Gasteiger partial charge in [-0.05, 0) is 53.4 Å². The van der Waals surface area contributed by atoms with E-state index in [0.717, 1.165) is 37.1 Å². The van der Waals surface area contributed by atoms with Gasteiger partial charge in [0.2, 0.25) is 0 Å². The Labute approximate surface area is 190 Å². The van der Waals surface area contributed by atoms with E-state index < -0.39 is 0 Å². The van der Waals surface area contributed by atoms with Crippen molar-refractivity contribution in [2.75, 3.05) is 0 Å². The van der Waals surface area contributed by atoms with Crippen molar-refractivity contribution < 1.29 is 9.59 Å². The maximum absolute atomic E-state index is 12.9. The van der Waals surface area contributed by atoms with Gasteiger partial charge in [-0.2, -0.15) is 10.2 Å². The average molecular weight is 441 g/mol. The third-order valence-corrected chi connectivity index (χ3v) is 7.39. The third-order valence-electron chi connectivity index (χ3n) is 7.39. The monoisotopic (exact) mass is 440 g/mol. The molecule has 2 aliphatic carbocycles. The molecule has 8 nitrogen and oxygen atoms in total. The second-order valence-electron chi connectivity index (χ2n) is 9.58. The standard InChI is InChI=1S/C24H36N6O2/c1-15(27-23(31)21-13-25-29(17(21)3)19-9-5-6-10-19)16(2)28-24(32)22-14-26-30(18(22)4)20-11-7-8-12-20/h13-16,19-20H,5-12H2,1-4H3,(H,27,31)(H,28,32). The molecule has 8 heteroatoms. The van der Waals surface area contributed by atoms with Gasteiger partial charge in [-0.3, -0.25) is 19.0 Å². The molecule has 0 aromatic carbocycles. The van der Waals surface area contributed by atoms with Crippen molar-refractivity contribution in [3.63, 3.8) is 0 Å². The Hall–Kier alpha value is -2.64. The maximum Gasteiger partial charge on any atom is 0.255 e. The SMILES string of the molecule is Cc1c(C(=O)NC(C)C(C)NC(=O)c2cnn(C3CCCC3)c2C)cnn1C1CCCC1. The quantitative estimate of drug-likeness (QED) is 0.683. The lowest BCUT2D eigenvalue weighted by atomic mass is 10.1. The summed E-state index contributed by atoms with van der Waals surface area (Å²) in [6, 6.07) is 0.345. The molecule has 2 heterocycles. The predicted molar refractivity (Wildman–Crippen MR) is 123 cm³/mol. The molecule has 2 atom stereocenters. The van der Waals surface area contributed by atoms with Gasteiger partial charge in [0, 0.05) is 23.5 Å². The Balaban J connectivity index is 1.35. The Morgan fingerprint density at radius 1 is 0.781 bits per heavy atom. The smallest absolute Gasteiger partial charge is 0.255 e. The van der Waals surface area contributed by atoms with Crippen LogP contribution in [-0.4, -0.2) is 43.5 Å². The molecule has 0 bridgehead atoms. The Morgan fingerprint density at radius 3 is 1.47 bits per heavy atom. The van der Waals surface area contributed by atoms with Gasteiger partial charge in [0.05, 0.1) is 35.6 Å². The molecule has 2 fully saturated rings. The molecule has 32 heavy (non-hydrogen) atoms. The molecule has 0 spiro atoms. The van der Waals surface area contributed by atoms with Crippen LogP contribution in [0.4, 0.5) is 0 Å². The molecule has 174 valence electrons. The summed E-state index contributed by atoms with van der Waals surface area (Å²) in [5, 5.41) is 15.0. The fraction of sp³-hybridized carbons (Fsp3) is 0.667. The van der Waals surface area contributed by atoms with E-state index in [2.05, 4.69) is 20.8 Å². The van der Waals surface area contributed by atoms with Crippen molar-refractivity contribution in [1.82, 2.24) is 30.2 Å². The number of nitrogens with zero attached hydrogens (tertiary/aromatic N) is 4. The lowest BCUT2D eigenvalue weighted by molar-refractivity contribution is 0.0891. The van der Waals surface area contributed by atoms with Gasteiger partial charge in [-0.25, -0.2) is 0 Å². The Morgan fingerprint density at radius 2 is 1.12 bits per heavy atom. The number of hydrogen-bond acceptors (Lipinski definition) is 4. The summed E-state index contributed by atoms with van der Waals surface area (Å²) in [4.78, 5) is 25.8. The first-order valence-corrected chi connectivity index (χ1v) is 12.1. The van der Waals surface area contributed by atoms with Crippen molar-refractivity contribution >= 4 is 11.8 Å². The number of rotatable bonds is 7. The van der Waals surface area contributed by atoms with Crippen LogP contribution < -0.4 is 10.6 Å². The van der Waals surface area contributed by atoms with E-state index >= 15 is 0 Å². The van der Waals surface area contributed by atoms with Crippen LogP contribution in [-0.2, 0) is 0 Å². The van der Waals surface area contributed by atoms with Gasteiger partial charge in [0.25, 0.3) is 11.8 Å². The average Bonchev–Trinajstić information content (AvgIpc) is 3.54. The zero-order valence-corrected chi connectivity index (χ0v) is 19.7. The number of carbonyl (C=O) groups excluding carboxylic acids is 2. The zero-order chi connectivity index (χ0) is 22.8. The zero-order valence-electron chi connectivity index (χ0n) is 19.7. The van der Waals surface area contributed by atoms with Crippen LogP contribution in [0.5, 0.6) is 0 Å². The summed E-state index contributed by atoms with van der Waals surface area (Å²) >= 11 is 0. The van der Waals surface area contributed by atoms with E-state index in [0.29, 0.717) is 23.2 Å². The minimum Gasteiger partial charge on any atom is -0.347 e. The molecule has 0 radical (unpaired) electrons. The Bertz CT molecular complexity index is 887. The van der Waals surface area contributed by atoms with Gasteiger partial charge >= 0.3 is 0 Å². The fourth-order valence-electron chi connectivity index (χ4n) is 5.15. The molecular weight excluding hydrogens is 404 g/mol. The molecule has 4 rings (SSSR count). The van der Waals surface area contributed by atoms with Crippen molar-refractivity contribution in [1.29, 1.82) is 0 Å². The second-order valence-corrected chi connectivity index (χ2v) is 9.58. The molecule has 2 N–H and O–H groups in total. The van der Waals surface area contributed by atoms with E-state index in [1.54, 1.807) is 12.4 Å². The number of nitrogens with one attached hydrogen (secondary N) is 2. The number of hydrogen-bond donors (Lipinski definition) is 2. The first kappa shape index (κ1) is 22.6. The molecule has 2 aromatic heterocycles. The first-order valence-electron chi connectivity index (χ1n) is 12.1. The number of aromatic nitrogens is 4. The van der Waals surface area contributed by atoms with Gasteiger partial charge in [0.1, 0.15) is 0 Å². The molecule has 2 aliphatic rings. The minimum atomic E-state index is -0.231. The first-order chi connectivity index (χ1) is 15.4. The van der Waals surface area contributed by atoms with Crippen molar-refractivity contribution in [2.24, 2.45) is 0 Å². The lowest BCUT2D eigenvalue weighted by Crippen LogP contribution is -2.48. The van der Waals surface area contributed by atoms with E-state index in [1.807, 2.05) is 37.1 Å². The van der Waals surface area contributed by atoms with Crippen LogP contribution in [0.2, 0.25) is 0 Å². The van der Waals surface area contributed by atoms with Gasteiger partial charge in [-0.1, -0.05) is 25.7 Å². The van der Waals surface area contributed by atoms with Crippen LogP contribution in [0.1, 0.15) is 109 Å². The summed E-state index contributed by atoms with van der Waals surface area (Å²) in [5.74, 6) is -0.295.